The Bertz CT molecular complexity index is 1120. The van der Waals surface area contributed by atoms with Gasteiger partial charge in [0.15, 0.2) is 0 Å². The third-order valence-corrected chi connectivity index (χ3v) is 4.79. The number of halogens is 1. The van der Waals surface area contributed by atoms with Crippen LogP contribution < -0.4 is 10.6 Å². The number of carbonyl (C=O) groups excluding carboxylic acids is 2. The summed E-state index contributed by atoms with van der Waals surface area (Å²) >= 11 is 6.32. The van der Waals surface area contributed by atoms with Crippen LogP contribution in [-0.2, 0) is 4.79 Å². The second-order valence-electron chi connectivity index (χ2n) is 8.15. The Balaban J connectivity index is 1.98. The van der Waals surface area contributed by atoms with Crippen LogP contribution in [0.5, 0.6) is 0 Å². The highest BCUT2D eigenvalue weighted by molar-refractivity contribution is 6.34. The molecule has 0 heterocycles. The number of nitrogens with one attached hydrogen (secondary N) is 2. The molecule has 0 bridgehead atoms. The highest BCUT2D eigenvalue weighted by Gasteiger charge is 2.20. The minimum Gasteiger partial charge on any atom is -0.347 e. The maximum absolute atomic E-state index is 13.3. The average molecular weight is 433 g/mol. The fraction of sp³-hybridized carbons (Fsp3) is 0.154. The Kier molecular flexibility index (Phi) is 6.93. The lowest BCUT2D eigenvalue weighted by Crippen LogP contribution is -2.40. The number of para-hydroxylation sites is 1. The minimum atomic E-state index is -0.395. The van der Waals surface area contributed by atoms with E-state index < -0.39 is 5.54 Å². The van der Waals surface area contributed by atoms with Crippen molar-refractivity contribution in [1.82, 2.24) is 5.32 Å². The molecule has 0 saturated heterocycles. The van der Waals surface area contributed by atoms with Crippen molar-refractivity contribution in [2.45, 2.75) is 26.3 Å². The first kappa shape index (κ1) is 22.3. The van der Waals surface area contributed by atoms with E-state index in [-0.39, 0.29) is 11.8 Å². The molecule has 0 fully saturated rings. The second kappa shape index (κ2) is 9.63. The van der Waals surface area contributed by atoms with Gasteiger partial charge in [-0.2, -0.15) is 0 Å². The smallest absolute Gasteiger partial charge is 0.256 e. The predicted molar refractivity (Wildman–Crippen MR) is 128 cm³/mol. The summed E-state index contributed by atoms with van der Waals surface area (Å²) in [5.41, 5.74) is 2.37. The second-order valence-corrected chi connectivity index (χ2v) is 8.56. The van der Waals surface area contributed by atoms with Gasteiger partial charge in [0.25, 0.3) is 11.8 Å². The standard InChI is InChI=1S/C26H25ClN2O2/c1-26(2,3)29-25(31)20-14-8-10-16-23(20)28-24(30)21(18-11-5-4-6-12-18)17-19-13-7-9-15-22(19)27/h4-17H,1-3H3,(H,28,30)(H,29,31)/b21-17+. The Morgan fingerprint density at radius 2 is 1.45 bits per heavy atom. The summed E-state index contributed by atoms with van der Waals surface area (Å²) in [6, 6.07) is 23.6. The summed E-state index contributed by atoms with van der Waals surface area (Å²) < 4.78 is 0. The van der Waals surface area contributed by atoms with Gasteiger partial charge in [-0.25, -0.2) is 0 Å². The van der Waals surface area contributed by atoms with E-state index in [1.807, 2.05) is 69.3 Å². The predicted octanol–water partition coefficient (Wildman–Crippen LogP) is 6.05. The number of amides is 2. The molecule has 0 spiro atoms. The van der Waals surface area contributed by atoms with E-state index in [0.717, 1.165) is 11.1 Å². The first-order chi connectivity index (χ1) is 14.7. The largest absolute Gasteiger partial charge is 0.347 e. The molecule has 0 aliphatic rings. The lowest BCUT2D eigenvalue weighted by molar-refractivity contribution is -0.111. The van der Waals surface area contributed by atoms with Crippen LogP contribution in [0.25, 0.3) is 11.6 Å². The number of anilines is 1. The zero-order chi connectivity index (χ0) is 22.4. The highest BCUT2D eigenvalue weighted by atomic mass is 35.5. The number of hydrogen-bond acceptors (Lipinski definition) is 2. The molecule has 4 nitrogen and oxygen atoms in total. The molecule has 31 heavy (non-hydrogen) atoms. The SMILES string of the molecule is CC(C)(C)NC(=O)c1ccccc1NC(=O)/C(=C/c1ccccc1Cl)c1ccccc1. The van der Waals surface area contributed by atoms with Gasteiger partial charge in [-0.15, -0.1) is 0 Å². The van der Waals surface area contributed by atoms with Crippen LogP contribution in [-0.4, -0.2) is 17.4 Å². The molecule has 2 amide bonds. The van der Waals surface area contributed by atoms with Gasteiger partial charge in [0.05, 0.1) is 11.3 Å². The normalized spacial score (nSPS) is 11.7. The van der Waals surface area contributed by atoms with Crippen molar-refractivity contribution in [1.29, 1.82) is 0 Å². The Morgan fingerprint density at radius 3 is 2.13 bits per heavy atom. The number of carbonyl (C=O) groups is 2. The molecule has 0 aliphatic heterocycles. The van der Waals surface area contributed by atoms with Crippen molar-refractivity contribution in [3.63, 3.8) is 0 Å². The molecule has 0 saturated carbocycles. The van der Waals surface area contributed by atoms with Crippen LogP contribution >= 0.6 is 11.6 Å². The molecule has 0 aliphatic carbocycles. The molecule has 3 rings (SSSR count). The number of hydrogen-bond donors (Lipinski definition) is 2. The molecule has 0 aromatic heterocycles. The molecule has 2 N–H and O–H groups in total. The van der Waals surface area contributed by atoms with Crippen molar-refractivity contribution in [3.8, 4) is 0 Å². The first-order valence-electron chi connectivity index (χ1n) is 9.99. The molecule has 0 radical (unpaired) electrons. The van der Waals surface area contributed by atoms with Gasteiger partial charge < -0.3 is 10.6 Å². The minimum absolute atomic E-state index is 0.250. The van der Waals surface area contributed by atoms with E-state index in [1.54, 1.807) is 36.4 Å². The number of rotatable bonds is 5. The van der Waals surface area contributed by atoms with E-state index in [2.05, 4.69) is 10.6 Å². The van der Waals surface area contributed by atoms with Crippen molar-refractivity contribution in [2.75, 3.05) is 5.32 Å². The van der Waals surface area contributed by atoms with E-state index in [0.29, 0.717) is 21.8 Å². The lowest BCUT2D eigenvalue weighted by atomic mass is 10.0. The molecule has 3 aromatic rings. The molecular weight excluding hydrogens is 408 g/mol. The summed E-state index contributed by atoms with van der Waals surface area (Å²) in [7, 11) is 0. The summed E-state index contributed by atoms with van der Waals surface area (Å²) in [6.45, 7) is 5.73. The zero-order valence-corrected chi connectivity index (χ0v) is 18.5. The van der Waals surface area contributed by atoms with Gasteiger partial charge in [0.1, 0.15) is 0 Å². The van der Waals surface area contributed by atoms with Gasteiger partial charge in [0, 0.05) is 16.1 Å². The number of benzene rings is 3. The summed E-state index contributed by atoms with van der Waals surface area (Å²) in [5, 5.41) is 6.39. The fourth-order valence-corrected chi connectivity index (χ4v) is 3.22. The maximum Gasteiger partial charge on any atom is 0.256 e. The molecule has 0 atom stereocenters. The molecule has 5 heteroatoms. The van der Waals surface area contributed by atoms with Crippen molar-refractivity contribution in [2.24, 2.45) is 0 Å². The fourth-order valence-electron chi connectivity index (χ4n) is 3.03. The van der Waals surface area contributed by atoms with E-state index in [9.17, 15) is 9.59 Å². The van der Waals surface area contributed by atoms with Gasteiger partial charge in [0.2, 0.25) is 0 Å². The zero-order valence-electron chi connectivity index (χ0n) is 17.8. The summed E-state index contributed by atoms with van der Waals surface area (Å²) in [4.78, 5) is 26.1. The highest BCUT2D eigenvalue weighted by Crippen LogP contribution is 2.25. The Morgan fingerprint density at radius 1 is 0.839 bits per heavy atom. The Labute approximate surface area is 188 Å². The van der Waals surface area contributed by atoms with Gasteiger partial charge in [-0.1, -0.05) is 72.3 Å². The van der Waals surface area contributed by atoms with Gasteiger partial charge in [-0.05, 0) is 56.2 Å². The van der Waals surface area contributed by atoms with Crippen LogP contribution in [0, 0.1) is 0 Å². The summed E-state index contributed by atoms with van der Waals surface area (Å²) in [5.74, 6) is -0.582. The average Bonchev–Trinajstić information content (AvgIpc) is 2.73. The van der Waals surface area contributed by atoms with Crippen LogP contribution in [0.2, 0.25) is 5.02 Å². The first-order valence-corrected chi connectivity index (χ1v) is 10.4. The van der Waals surface area contributed by atoms with Crippen LogP contribution in [0.1, 0.15) is 42.3 Å². The van der Waals surface area contributed by atoms with Gasteiger partial charge in [-0.3, -0.25) is 9.59 Å². The third-order valence-electron chi connectivity index (χ3n) is 4.44. The van der Waals surface area contributed by atoms with Crippen LogP contribution in [0.15, 0.2) is 78.9 Å². The van der Waals surface area contributed by atoms with E-state index >= 15 is 0 Å². The molecule has 0 unspecified atom stereocenters. The summed E-state index contributed by atoms with van der Waals surface area (Å²) in [6.07, 6.45) is 1.75. The Hall–Kier alpha value is -3.37. The molecule has 158 valence electrons. The lowest BCUT2D eigenvalue weighted by Gasteiger charge is -2.21. The molecule has 3 aromatic carbocycles. The topological polar surface area (TPSA) is 58.2 Å². The molecular formula is C26H25ClN2O2. The van der Waals surface area contributed by atoms with Crippen LogP contribution in [0.3, 0.4) is 0 Å². The van der Waals surface area contributed by atoms with Gasteiger partial charge >= 0.3 is 0 Å². The van der Waals surface area contributed by atoms with Crippen molar-refractivity contribution >= 4 is 40.8 Å². The van der Waals surface area contributed by atoms with E-state index in [1.165, 1.54) is 0 Å². The van der Waals surface area contributed by atoms with Crippen LogP contribution in [0.4, 0.5) is 5.69 Å². The van der Waals surface area contributed by atoms with E-state index in [4.69, 9.17) is 11.6 Å². The van der Waals surface area contributed by atoms with Crippen molar-refractivity contribution in [3.05, 3.63) is 101 Å². The monoisotopic (exact) mass is 432 g/mol. The maximum atomic E-state index is 13.3. The third kappa shape index (κ3) is 6.06. The quantitative estimate of drug-likeness (QED) is 0.381. The van der Waals surface area contributed by atoms with Crippen molar-refractivity contribution < 1.29 is 9.59 Å².